The number of thiophene rings is 1. The minimum atomic E-state index is -0.439. The molecule has 152 valence electrons. The van der Waals surface area contributed by atoms with E-state index in [-0.39, 0.29) is 30.1 Å². The van der Waals surface area contributed by atoms with Crippen LogP contribution in [-0.2, 0) is 11.2 Å². The van der Waals surface area contributed by atoms with Gasteiger partial charge in [-0.1, -0.05) is 6.07 Å². The predicted molar refractivity (Wildman–Crippen MR) is 114 cm³/mol. The minimum Gasteiger partial charge on any atom is -0.485 e. The Morgan fingerprint density at radius 2 is 2.20 bits per heavy atom. The number of ether oxygens (including phenoxy) is 1. The summed E-state index contributed by atoms with van der Waals surface area (Å²) in [4.78, 5) is 29.0. The fourth-order valence-corrected chi connectivity index (χ4v) is 4.13. The first-order valence-electron chi connectivity index (χ1n) is 9.46. The molecule has 0 bridgehead atoms. The van der Waals surface area contributed by atoms with Gasteiger partial charge in [0.1, 0.15) is 6.10 Å². The van der Waals surface area contributed by atoms with Crippen molar-refractivity contribution in [3.63, 3.8) is 0 Å². The number of rotatable bonds is 6. The van der Waals surface area contributed by atoms with Crippen LogP contribution >= 0.6 is 11.3 Å². The third-order valence-corrected chi connectivity index (χ3v) is 5.94. The number of benzene rings is 1. The second-order valence-electron chi connectivity index (χ2n) is 6.98. The monoisotopic (exact) mass is 422 g/mol. The Hall–Kier alpha value is -3.32. The summed E-state index contributed by atoms with van der Waals surface area (Å²) in [5.41, 5.74) is 2.30. The van der Waals surface area contributed by atoms with E-state index in [1.54, 1.807) is 30.6 Å². The van der Waals surface area contributed by atoms with Gasteiger partial charge in [-0.15, -0.1) is 11.3 Å². The van der Waals surface area contributed by atoms with Crippen molar-refractivity contribution in [2.75, 3.05) is 6.54 Å². The number of carbonyl (C=O) groups is 2. The standard InChI is InChI=1S/C23H19FN2O3S/c1-14(27)20-5-6-21(30-20)16-9-17-10-18(29-23(17)19(24)11-16)13-26-22(28)7-4-15-3-2-8-25-12-15/h2-9,11-12,18H,10,13H2,1H3,(H,26,28). The molecule has 0 saturated heterocycles. The highest BCUT2D eigenvalue weighted by Gasteiger charge is 2.27. The summed E-state index contributed by atoms with van der Waals surface area (Å²) < 4.78 is 20.3. The lowest BCUT2D eigenvalue weighted by atomic mass is 10.0. The fraction of sp³-hybridized carbons (Fsp3) is 0.174. The van der Waals surface area contributed by atoms with E-state index in [9.17, 15) is 14.0 Å². The summed E-state index contributed by atoms with van der Waals surface area (Å²) in [5.74, 6) is -0.475. The van der Waals surface area contributed by atoms with E-state index >= 15 is 0 Å². The zero-order valence-electron chi connectivity index (χ0n) is 16.2. The average Bonchev–Trinajstić information content (AvgIpc) is 3.39. The average molecular weight is 422 g/mol. The molecule has 3 heterocycles. The highest BCUT2D eigenvalue weighted by Crippen LogP contribution is 2.37. The zero-order chi connectivity index (χ0) is 21.1. The van der Waals surface area contributed by atoms with Crippen LogP contribution in [0.4, 0.5) is 4.39 Å². The molecular formula is C23H19FN2O3S. The van der Waals surface area contributed by atoms with Crippen LogP contribution in [0.5, 0.6) is 5.75 Å². The van der Waals surface area contributed by atoms with Gasteiger partial charge in [-0.3, -0.25) is 14.6 Å². The van der Waals surface area contributed by atoms with Crippen molar-refractivity contribution in [3.8, 4) is 16.2 Å². The number of nitrogens with zero attached hydrogens (tertiary/aromatic N) is 1. The van der Waals surface area contributed by atoms with Crippen LogP contribution in [0.2, 0.25) is 0 Å². The maximum absolute atomic E-state index is 14.6. The van der Waals surface area contributed by atoms with E-state index < -0.39 is 5.82 Å². The molecule has 1 aromatic carbocycles. The van der Waals surface area contributed by atoms with E-state index in [1.807, 2.05) is 18.2 Å². The Labute approximate surface area is 177 Å². The molecule has 0 spiro atoms. The molecule has 0 aliphatic carbocycles. The van der Waals surface area contributed by atoms with E-state index in [2.05, 4.69) is 10.3 Å². The molecule has 7 heteroatoms. The van der Waals surface area contributed by atoms with E-state index in [4.69, 9.17) is 4.74 Å². The van der Waals surface area contributed by atoms with Crippen LogP contribution in [0.1, 0.15) is 27.7 Å². The van der Waals surface area contributed by atoms with Crippen molar-refractivity contribution in [1.82, 2.24) is 10.3 Å². The number of carbonyl (C=O) groups excluding carboxylic acids is 2. The molecule has 4 rings (SSSR count). The van der Waals surface area contributed by atoms with Crippen molar-refractivity contribution in [1.29, 1.82) is 0 Å². The Balaban J connectivity index is 1.39. The predicted octanol–water partition coefficient (Wildman–Crippen LogP) is 4.28. The van der Waals surface area contributed by atoms with Crippen LogP contribution in [0, 0.1) is 5.82 Å². The second-order valence-corrected chi connectivity index (χ2v) is 8.06. The maximum Gasteiger partial charge on any atom is 0.244 e. The molecular weight excluding hydrogens is 403 g/mol. The van der Waals surface area contributed by atoms with Gasteiger partial charge in [0.05, 0.1) is 11.4 Å². The van der Waals surface area contributed by atoms with Crippen LogP contribution in [-0.4, -0.2) is 29.3 Å². The first kappa shape index (κ1) is 20.0. The third kappa shape index (κ3) is 4.46. The van der Waals surface area contributed by atoms with Crippen molar-refractivity contribution in [2.45, 2.75) is 19.4 Å². The van der Waals surface area contributed by atoms with Gasteiger partial charge in [0.15, 0.2) is 17.3 Å². The molecule has 1 amide bonds. The lowest BCUT2D eigenvalue weighted by Gasteiger charge is -2.11. The number of fused-ring (bicyclic) bond motifs is 1. The molecule has 0 fully saturated rings. The summed E-state index contributed by atoms with van der Waals surface area (Å²) >= 11 is 1.34. The van der Waals surface area contributed by atoms with E-state index in [0.29, 0.717) is 11.3 Å². The number of halogens is 1. The summed E-state index contributed by atoms with van der Waals surface area (Å²) in [6.07, 6.45) is 6.59. The Morgan fingerprint density at radius 1 is 1.33 bits per heavy atom. The molecule has 1 unspecified atom stereocenters. The molecule has 3 aromatic rings. The Morgan fingerprint density at radius 3 is 2.93 bits per heavy atom. The normalized spacial score (nSPS) is 15.1. The van der Waals surface area contributed by atoms with E-state index in [1.165, 1.54) is 30.4 Å². The van der Waals surface area contributed by atoms with Gasteiger partial charge in [0.2, 0.25) is 5.91 Å². The maximum atomic E-state index is 14.6. The summed E-state index contributed by atoms with van der Waals surface area (Å²) in [5, 5.41) is 2.78. The van der Waals surface area contributed by atoms with Crippen molar-refractivity contribution in [2.24, 2.45) is 0 Å². The first-order chi connectivity index (χ1) is 14.5. The molecule has 2 aromatic heterocycles. The third-order valence-electron chi connectivity index (χ3n) is 4.71. The highest BCUT2D eigenvalue weighted by molar-refractivity contribution is 7.17. The molecule has 0 saturated carbocycles. The van der Waals surface area contributed by atoms with Gasteiger partial charge in [0.25, 0.3) is 0 Å². The molecule has 1 N–H and O–H groups in total. The minimum absolute atomic E-state index is 0.00963. The number of amides is 1. The van der Waals surface area contributed by atoms with Gasteiger partial charge in [0, 0.05) is 35.3 Å². The van der Waals surface area contributed by atoms with Gasteiger partial charge >= 0.3 is 0 Å². The van der Waals surface area contributed by atoms with Crippen molar-refractivity contribution in [3.05, 3.63) is 76.7 Å². The Kier molecular flexibility index (Phi) is 5.72. The fourth-order valence-electron chi connectivity index (χ4n) is 3.25. The first-order valence-corrected chi connectivity index (χ1v) is 10.3. The molecule has 1 aliphatic heterocycles. The van der Waals surface area contributed by atoms with Gasteiger partial charge < -0.3 is 10.1 Å². The lowest BCUT2D eigenvalue weighted by Crippen LogP contribution is -2.33. The number of ketones is 1. The van der Waals surface area contributed by atoms with Crippen LogP contribution in [0.25, 0.3) is 16.5 Å². The van der Waals surface area contributed by atoms with Crippen LogP contribution < -0.4 is 10.1 Å². The quantitative estimate of drug-likeness (QED) is 0.475. The smallest absolute Gasteiger partial charge is 0.244 e. The van der Waals surface area contributed by atoms with Crippen molar-refractivity contribution < 1.29 is 18.7 Å². The molecule has 0 radical (unpaired) electrons. The molecule has 1 aliphatic rings. The van der Waals surface area contributed by atoms with Crippen molar-refractivity contribution >= 4 is 29.1 Å². The second kappa shape index (κ2) is 8.59. The number of pyridine rings is 1. The van der Waals surface area contributed by atoms with Gasteiger partial charge in [-0.2, -0.15) is 0 Å². The van der Waals surface area contributed by atoms with Crippen LogP contribution in [0.15, 0.2) is 54.9 Å². The highest BCUT2D eigenvalue weighted by atomic mass is 32.1. The lowest BCUT2D eigenvalue weighted by molar-refractivity contribution is -0.116. The van der Waals surface area contributed by atoms with Gasteiger partial charge in [-0.05, 0) is 54.5 Å². The van der Waals surface area contributed by atoms with Crippen LogP contribution in [0.3, 0.4) is 0 Å². The summed E-state index contributed by atoms with van der Waals surface area (Å²) in [6.45, 7) is 1.78. The number of nitrogens with one attached hydrogen (secondary N) is 1. The number of hydrogen-bond donors (Lipinski definition) is 1. The summed E-state index contributed by atoms with van der Waals surface area (Å²) in [7, 11) is 0. The van der Waals surface area contributed by atoms with E-state index in [0.717, 1.165) is 21.6 Å². The SMILES string of the molecule is CC(=O)c1ccc(-c2cc(F)c3c(c2)CC(CNC(=O)C=Cc2cccnc2)O3)s1. The number of aromatic nitrogens is 1. The topological polar surface area (TPSA) is 68.3 Å². The largest absolute Gasteiger partial charge is 0.485 e. The summed E-state index contributed by atoms with van der Waals surface area (Å²) in [6, 6.07) is 10.5. The van der Waals surface area contributed by atoms with Gasteiger partial charge in [-0.25, -0.2) is 4.39 Å². The Bertz CT molecular complexity index is 1120. The molecule has 5 nitrogen and oxygen atoms in total. The zero-order valence-corrected chi connectivity index (χ0v) is 17.0. The molecule has 30 heavy (non-hydrogen) atoms. The molecule has 1 atom stereocenters. The number of hydrogen-bond acceptors (Lipinski definition) is 5. The number of Topliss-reactive ketones (excluding diaryl/α,β-unsaturated/α-hetero) is 1.